The molecule has 0 amide bonds. The zero-order chi connectivity index (χ0) is 12.7. The van der Waals surface area contributed by atoms with E-state index in [1.165, 1.54) is 12.3 Å². The Balaban J connectivity index is 2.41. The molecule has 0 fully saturated rings. The van der Waals surface area contributed by atoms with Gasteiger partial charge in [-0.15, -0.1) is 0 Å². The van der Waals surface area contributed by atoms with Gasteiger partial charge in [0.05, 0.1) is 0 Å². The van der Waals surface area contributed by atoms with Gasteiger partial charge < -0.3 is 10.6 Å². The average Bonchev–Trinajstić information content (AvgIpc) is 2.28. The maximum absolute atomic E-state index is 11.0. The molecule has 0 atom stereocenters. The molecule has 17 heavy (non-hydrogen) atoms. The molecule has 0 radical (unpaired) electrons. The molecule has 0 aliphatic rings. The van der Waals surface area contributed by atoms with Crippen molar-refractivity contribution in [3.8, 4) is 0 Å². The maximum atomic E-state index is 11.0. The lowest BCUT2D eigenvalue weighted by atomic mass is 10.4. The van der Waals surface area contributed by atoms with E-state index in [-0.39, 0.29) is 4.90 Å². The smallest absolute Gasteiger partial charge is 0.239 e. The molecule has 1 heterocycles. The highest BCUT2D eigenvalue weighted by atomic mass is 32.2. The third-order valence-electron chi connectivity index (χ3n) is 2.10. The first-order chi connectivity index (χ1) is 8.04. The van der Waals surface area contributed by atoms with E-state index < -0.39 is 10.0 Å². The minimum Gasteiger partial charge on any atom is -0.369 e. The fraction of sp³-hybridized carbons (Fsp3) is 0.500. The van der Waals surface area contributed by atoms with Crippen LogP contribution < -0.4 is 15.8 Å². The molecule has 7 heteroatoms. The summed E-state index contributed by atoms with van der Waals surface area (Å²) in [6.45, 7) is 4.67. The van der Waals surface area contributed by atoms with Gasteiger partial charge in [0.15, 0.2) is 0 Å². The molecule has 4 N–H and O–H groups in total. The van der Waals surface area contributed by atoms with E-state index >= 15 is 0 Å². The second kappa shape index (κ2) is 6.53. The largest absolute Gasteiger partial charge is 0.369 e. The fourth-order valence-corrected chi connectivity index (χ4v) is 1.69. The molecule has 0 aromatic carbocycles. The average molecular weight is 258 g/mol. The van der Waals surface area contributed by atoms with Crippen LogP contribution in [-0.4, -0.2) is 33.0 Å². The third kappa shape index (κ3) is 5.12. The summed E-state index contributed by atoms with van der Waals surface area (Å²) < 4.78 is 22.0. The summed E-state index contributed by atoms with van der Waals surface area (Å²) in [6, 6.07) is 3.03. The molecule has 96 valence electrons. The minimum absolute atomic E-state index is 0.0205. The molecule has 1 rings (SSSR count). The van der Waals surface area contributed by atoms with Crippen molar-refractivity contribution in [3.63, 3.8) is 0 Å². The highest BCUT2D eigenvalue weighted by Crippen LogP contribution is 2.08. The summed E-state index contributed by atoms with van der Waals surface area (Å²) >= 11 is 0. The van der Waals surface area contributed by atoms with Crippen LogP contribution in [0.1, 0.15) is 13.3 Å². The van der Waals surface area contributed by atoms with Gasteiger partial charge in [0.2, 0.25) is 10.0 Å². The molecule has 0 bridgehead atoms. The van der Waals surface area contributed by atoms with Gasteiger partial charge in [-0.1, -0.05) is 6.92 Å². The maximum Gasteiger partial charge on any atom is 0.239 e. The molecule has 0 spiro atoms. The summed E-state index contributed by atoms with van der Waals surface area (Å²) in [6.07, 6.45) is 2.35. The molecular formula is C10H18N4O2S. The van der Waals surface area contributed by atoms with Gasteiger partial charge >= 0.3 is 0 Å². The molecule has 1 aromatic heterocycles. The number of sulfonamides is 1. The van der Waals surface area contributed by atoms with Crippen molar-refractivity contribution < 1.29 is 8.42 Å². The summed E-state index contributed by atoms with van der Waals surface area (Å²) in [5.74, 6) is 0.635. The van der Waals surface area contributed by atoms with Gasteiger partial charge in [-0.3, -0.25) is 0 Å². The Morgan fingerprint density at radius 3 is 2.59 bits per heavy atom. The van der Waals surface area contributed by atoms with Crippen LogP contribution in [0.2, 0.25) is 0 Å². The highest BCUT2D eigenvalue weighted by molar-refractivity contribution is 7.89. The van der Waals surface area contributed by atoms with Crippen molar-refractivity contribution in [2.45, 2.75) is 18.2 Å². The van der Waals surface area contributed by atoms with Gasteiger partial charge in [0, 0.05) is 19.3 Å². The second-order valence-electron chi connectivity index (χ2n) is 3.60. The molecule has 0 aliphatic heterocycles. The number of rotatable bonds is 7. The molecule has 6 nitrogen and oxygen atoms in total. The highest BCUT2D eigenvalue weighted by Gasteiger charge is 2.07. The molecule has 1 aromatic rings. The van der Waals surface area contributed by atoms with Crippen LogP contribution in [0.15, 0.2) is 23.2 Å². The third-order valence-corrected chi connectivity index (χ3v) is 3.00. The quantitative estimate of drug-likeness (QED) is 0.604. The van der Waals surface area contributed by atoms with E-state index in [9.17, 15) is 8.42 Å². The monoisotopic (exact) mass is 258 g/mol. The number of nitrogens with two attached hydrogens (primary N) is 1. The Labute approximate surface area is 102 Å². The van der Waals surface area contributed by atoms with Crippen LogP contribution in [0.4, 0.5) is 5.82 Å². The van der Waals surface area contributed by atoms with Crippen molar-refractivity contribution in [1.82, 2.24) is 10.3 Å². The van der Waals surface area contributed by atoms with E-state index in [1.807, 2.05) is 0 Å². The summed E-state index contributed by atoms with van der Waals surface area (Å²) in [5, 5.41) is 11.3. The van der Waals surface area contributed by atoms with Crippen LogP contribution in [0.3, 0.4) is 0 Å². The second-order valence-corrected chi connectivity index (χ2v) is 5.16. The Hall–Kier alpha value is -1.18. The van der Waals surface area contributed by atoms with Gasteiger partial charge in [0.25, 0.3) is 0 Å². The number of aromatic nitrogens is 1. The Bertz CT molecular complexity index is 430. The predicted octanol–water partition coefficient (Wildman–Crippen LogP) is 0.141. The van der Waals surface area contributed by atoms with Crippen molar-refractivity contribution in [2.24, 2.45) is 5.14 Å². The first kappa shape index (κ1) is 13.9. The fourth-order valence-electron chi connectivity index (χ4n) is 1.23. The van der Waals surface area contributed by atoms with Crippen molar-refractivity contribution in [2.75, 3.05) is 25.0 Å². The summed E-state index contributed by atoms with van der Waals surface area (Å²) in [5.41, 5.74) is 0. The van der Waals surface area contributed by atoms with Crippen LogP contribution in [0.5, 0.6) is 0 Å². The van der Waals surface area contributed by atoms with Crippen LogP contribution in [-0.2, 0) is 10.0 Å². The SMILES string of the molecule is CCCNCCNc1ccc(S(N)(=O)=O)cn1. The van der Waals surface area contributed by atoms with E-state index in [2.05, 4.69) is 22.5 Å². The van der Waals surface area contributed by atoms with Gasteiger partial charge in [-0.25, -0.2) is 18.5 Å². The number of hydrogen-bond donors (Lipinski definition) is 3. The van der Waals surface area contributed by atoms with E-state index in [0.717, 1.165) is 26.1 Å². The molecule has 0 aliphatic carbocycles. The topological polar surface area (TPSA) is 97.1 Å². The van der Waals surface area contributed by atoms with E-state index in [4.69, 9.17) is 5.14 Å². The van der Waals surface area contributed by atoms with Crippen molar-refractivity contribution >= 4 is 15.8 Å². The zero-order valence-electron chi connectivity index (χ0n) is 9.81. The number of anilines is 1. The number of primary sulfonamides is 1. The molecule has 0 saturated heterocycles. The first-order valence-electron chi connectivity index (χ1n) is 5.47. The van der Waals surface area contributed by atoms with Crippen molar-refractivity contribution in [1.29, 1.82) is 0 Å². The first-order valence-corrected chi connectivity index (χ1v) is 7.02. The van der Waals surface area contributed by atoms with Gasteiger partial charge in [0.1, 0.15) is 10.7 Å². The molecular weight excluding hydrogens is 240 g/mol. The van der Waals surface area contributed by atoms with Crippen LogP contribution >= 0.6 is 0 Å². The predicted molar refractivity (Wildman–Crippen MR) is 67.3 cm³/mol. The van der Waals surface area contributed by atoms with Crippen LogP contribution in [0, 0.1) is 0 Å². The lowest BCUT2D eigenvalue weighted by Gasteiger charge is -2.06. The molecule has 0 unspecified atom stereocenters. The summed E-state index contributed by atoms with van der Waals surface area (Å²) in [4.78, 5) is 3.99. The Morgan fingerprint density at radius 2 is 2.06 bits per heavy atom. The molecule has 0 saturated carbocycles. The van der Waals surface area contributed by atoms with Gasteiger partial charge in [-0.2, -0.15) is 0 Å². The lowest BCUT2D eigenvalue weighted by molar-refractivity contribution is 0.597. The number of pyridine rings is 1. The number of hydrogen-bond acceptors (Lipinski definition) is 5. The normalized spacial score (nSPS) is 11.4. The Kier molecular flexibility index (Phi) is 5.33. The number of nitrogens with one attached hydrogen (secondary N) is 2. The summed E-state index contributed by atoms with van der Waals surface area (Å²) in [7, 11) is -3.65. The van der Waals surface area contributed by atoms with Crippen molar-refractivity contribution in [3.05, 3.63) is 18.3 Å². The zero-order valence-corrected chi connectivity index (χ0v) is 10.6. The van der Waals surface area contributed by atoms with Gasteiger partial charge in [-0.05, 0) is 25.1 Å². The van der Waals surface area contributed by atoms with E-state index in [0.29, 0.717) is 5.82 Å². The minimum atomic E-state index is -3.65. The Morgan fingerprint density at radius 1 is 1.29 bits per heavy atom. The number of nitrogens with zero attached hydrogens (tertiary/aromatic N) is 1. The standard InChI is InChI=1S/C10H18N4O2S/c1-2-5-12-6-7-13-10-4-3-9(8-14-10)17(11,15)16/h3-4,8,12H,2,5-7H2,1H3,(H,13,14)(H2,11,15,16). The van der Waals surface area contributed by atoms with Crippen LogP contribution in [0.25, 0.3) is 0 Å². The van der Waals surface area contributed by atoms with E-state index in [1.54, 1.807) is 6.07 Å². The lowest BCUT2D eigenvalue weighted by Crippen LogP contribution is -2.23.